The minimum atomic E-state index is -4.94. The summed E-state index contributed by atoms with van der Waals surface area (Å²) < 4.78 is 34.0. The van der Waals surface area contributed by atoms with Crippen molar-refractivity contribution in [3.8, 4) is 5.75 Å². The van der Waals surface area contributed by atoms with Crippen LogP contribution in [0.5, 0.6) is 5.75 Å². The van der Waals surface area contributed by atoms with Crippen molar-refractivity contribution < 1.29 is 55.8 Å². The van der Waals surface area contributed by atoms with Gasteiger partial charge in [0.25, 0.3) is 0 Å². The largest absolute Gasteiger partial charge is 2.00 e. The van der Waals surface area contributed by atoms with E-state index >= 15 is 0 Å². The van der Waals surface area contributed by atoms with Gasteiger partial charge in [0, 0.05) is 28.7 Å². The molecule has 0 saturated heterocycles. The molecule has 0 atom stereocenters. The molecule has 0 unspecified atom stereocenters. The second kappa shape index (κ2) is 11.7. The van der Waals surface area contributed by atoms with Gasteiger partial charge in [0.05, 0.1) is 11.0 Å². The van der Waals surface area contributed by atoms with Gasteiger partial charge in [0.1, 0.15) is 6.29 Å². The average molecular weight is 492 g/mol. The number of rotatable bonds is 1. The molecule has 0 amide bonds. The normalized spacial score (nSPS) is 10.3. The summed E-state index contributed by atoms with van der Waals surface area (Å²) in [5.41, 5.74) is 4.81. The van der Waals surface area contributed by atoms with Crippen LogP contribution in [0.2, 0.25) is 0 Å². The molecule has 0 fully saturated rings. The molecule has 0 N–H and O–H groups in total. The molecule has 4 aromatic rings. The van der Waals surface area contributed by atoms with Gasteiger partial charge in [-0.1, -0.05) is 42.1 Å². The number of aldehydes is 1. The number of para-hydroxylation sites is 1. The molecule has 1 radical (unpaired) electrons. The molecule has 0 bridgehead atoms. The number of halogens is 1. The predicted octanol–water partition coefficient (Wildman–Crippen LogP) is -0.786. The van der Waals surface area contributed by atoms with Crippen molar-refractivity contribution in [2.45, 2.75) is 13.8 Å². The summed E-state index contributed by atoms with van der Waals surface area (Å²) >= 11 is 0. The molecule has 2 aromatic carbocycles. The van der Waals surface area contributed by atoms with Crippen molar-refractivity contribution in [1.29, 1.82) is 0 Å². The van der Waals surface area contributed by atoms with Crippen molar-refractivity contribution in [3.05, 3.63) is 77.6 Å². The number of fused-ring (bicyclic) bond motifs is 3. The van der Waals surface area contributed by atoms with Gasteiger partial charge in [0.15, 0.2) is 0 Å². The zero-order valence-electron chi connectivity index (χ0n) is 16.4. The van der Waals surface area contributed by atoms with Crippen molar-refractivity contribution in [2.75, 3.05) is 0 Å². The summed E-state index contributed by atoms with van der Waals surface area (Å²) in [6, 6.07) is 14.3. The number of aryl methyl sites for hydroxylation is 2. The third-order valence-corrected chi connectivity index (χ3v) is 4.26. The molecule has 10 heteroatoms. The Morgan fingerprint density at radius 1 is 0.774 bits per heavy atom. The van der Waals surface area contributed by atoms with Gasteiger partial charge in [0.2, 0.25) is 0 Å². The van der Waals surface area contributed by atoms with Crippen LogP contribution < -0.4 is 23.7 Å². The number of hydrogen-bond donors (Lipinski definition) is 0. The van der Waals surface area contributed by atoms with Crippen LogP contribution in [0.25, 0.3) is 21.8 Å². The van der Waals surface area contributed by atoms with E-state index in [1.807, 2.05) is 24.5 Å². The fourth-order valence-electron chi connectivity index (χ4n) is 2.78. The first-order valence-corrected chi connectivity index (χ1v) is 9.78. The van der Waals surface area contributed by atoms with Gasteiger partial charge in [-0.25, -0.2) is 18.6 Å². The van der Waals surface area contributed by atoms with Crippen LogP contribution in [0, 0.1) is 24.1 Å². The van der Waals surface area contributed by atoms with E-state index in [1.165, 1.54) is 34.0 Å². The topological polar surface area (TPSA) is 158 Å². The minimum absolute atomic E-state index is 0. The molecule has 0 aliphatic heterocycles. The molecule has 2 heterocycles. The fourth-order valence-corrected chi connectivity index (χ4v) is 2.78. The number of carbonyl (C=O) groups is 1. The Hall–Kier alpha value is -2.62. The molecule has 0 aliphatic carbocycles. The Morgan fingerprint density at radius 3 is 1.55 bits per heavy atom. The Morgan fingerprint density at radius 2 is 1.19 bits per heavy atom. The number of hydrogen-bond acceptors (Lipinski definition) is 8. The summed E-state index contributed by atoms with van der Waals surface area (Å²) in [6.45, 7) is 4.29. The van der Waals surface area contributed by atoms with Gasteiger partial charge < -0.3 is 5.11 Å². The summed E-state index contributed by atoms with van der Waals surface area (Å²) in [5, 5.41) is 13.0. The molecule has 0 saturated carbocycles. The Labute approximate surface area is 191 Å². The van der Waals surface area contributed by atoms with E-state index in [9.17, 15) is 9.90 Å². The van der Waals surface area contributed by atoms with E-state index in [1.54, 1.807) is 12.1 Å². The van der Waals surface area contributed by atoms with E-state index in [-0.39, 0.29) is 28.4 Å². The van der Waals surface area contributed by atoms with Crippen LogP contribution in [0.1, 0.15) is 21.5 Å². The van der Waals surface area contributed by atoms with Crippen LogP contribution in [0.15, 0.2) is 60.9 Å². The third kappa shape index (κ3) is 7.53. The number of nitrogens with zero attached hydrogens (tertiary/aromatic N) is 2. The second-order valence-electron chi connectivity index (χ2n) is 6.08. The summed E-state index contributed by atoms with van der Waals surface area (Å²) in [4.78, 5) is 18.9. The Bertz CT molecular complexity index is 1100. The first kappa shape index (κ1) is 26.4. The van der Waals surface area contributed by atoms with Crippen LogP contribution >= 0.6 is 0 Å². The van der Waals surface area contributed by atoms with Gasteiger partial charge in [-0.15, -0.1) is 10.2 Å². The molecule has 31 heavy (non-hydrogen) atoms. The summed E-state index contributed by atoms with van der Waals surface area (Å²) in [6.07, 6.45) is 4.21. The maximum atomic E-state index is 10.6. The smallest absolute Gasteiger partial charge is 0.872 e. The van der Waals surface area contributed by atoms with Gasteiger partial charge in [-0.05, 0) is 37.1 Å². The van der Waals surface area contributed by atoms with Crippen molar-refractivity contribution >= 4 is 28.1 Å². The minimum Gasteiger partial charge on any atom is -0.872 e. The fraction of sp³-hybridized carbons (Fsp3) is 0.0952. The van der Waals surface area contributed by atoms with Crippen molar-refractivity contribution in [2.24, 2.45) is 0 Å². The van der Waals surface area contributed by atoms with E-state index in [2.05, 4.69) is 35.9 Å². The molecule has 0 spiro atoms. The van der Waals surface area contributed by atoms with Crippen LogP contribution in [0.3, 0.4) is 0 Å². The number of pyridine rings is 2. The molecular formula is C21H17ClCuN2O6. The van der Waals surface area contributed by atoms with Gasteiger partial charge >= 0.3 is 17.1 Å². The molecular weight excluding hydrogens is 475 g/mol. The number of aromatic nitrogens is 2. The first-order valence-electron chi connectivity index (χ1n) is 8.55. The monoisotopic (exact) mass is 491 g/mol. The van der Waals surface area contributed by atoms with E-state index in [4.69, 9.17) is 18.6 Å². The van der Waals surface area contributed by atoms with Crippen molar-refractivity contribution in [1.82, 2.24) is 9.97 Å². The molecule has 4 rings (SSSR count). The maximum absolute atomic E-state index is 10.6. The first-order chi connectivity index (χ1) is 14.1. The maximum Gasteiger partial charge on any atom is 2.00 e. The van der Waals surface area contributed by atoms with E-state index < -0.39 is 10.2 Å². The quantitative estimate of drug-likeness (QED) is 0.190. The standard InChI is InChI=1S/C14H12N2.C7H6O2.ClHO4.Cu/c1-9-10(2)12-6-4-8-16-14(12)13-11(9)5-3-7-15-13;8-5-6-3-1-2-4-7(6)9;2-1(3,4)5;/h3-8H,1-2H3;1-5,9H;(H,2,3,4,5);/q;;;+2/p-2. The average Bonchev–Trinajstić information content (AvgIpc) is 2.72. The Kier molecular flexibility index (Phi) is 9.96. The molecule has 2 aromatic heterocycles. The van der Waals surface area contributed by atoms with Gasteiger partial charge in [-0.2, -0.15) is 0 Å². The number of benzene rings is 2. The molecule has 0 aliphatic rings. The predicted molar refractivity (Wildman–Crippen MR) is 97.8 cm³/mol. The molecule has 165 valence electrons. The number of carbonyl (C=O) groups excluding carboxylic acids is 1. The zero-order valence-corrected chi connectivity index (χ0v) is 18.1. The van der Waals surface area contributed by atoms with Crippen LogP contribution in [-0.2, 0) is 17.1 Å². The van der Waals surface area contributed by atoms with Gasteiger partial charge in [-0.3, -0.25) is 14.8 Å². The summed E-state index contributed by atoms with van der Waals surface area (Å²) in [5.74, 6) is -0.215. The zero-order chi connectivity index (χ0) is 22.3. The SMILES string of the molecule is Cc1c(C)c2cccnc2c2ncccc12.O=Cc1ccccc1[O-].[Cu+2].[O-][Cl+3]([O-])([O-])[O-]. The molecule has 8 nitrogen and oxygen atoms in total. The van der Waals surface area contributed by atoms with Crippen molar-refractivity contribution in [3.63, 3.8) is 0 Å². The van der Waals surface area contributed by atoms with E-state index in [0.29, 0.717) is 6.29 Å². The third-order valence-electron chi connectivity index (χ3n) is 4.26. The Balaban J connectivity index is 0.000000273. The second-order valence-corrected chi connectivity index (χ2v) is 6.84. The van der Waals surface area contributed by atoms with E-state index in [0.717, 1.165) is 11.0 Å². The van der Waals surface area contributed by atoms with Crippen LogP contribution in [0.4, 0.5) is 0 Å². The summed E-state index contributed by atoms with van der Waals surface area (Å²) in [7, 11) is -4.94. The van der Waals surface area contributed by atoms with Crippen LogP contribution in [-0.4, -0.2) is 16.3 Å².